The van der Waals surface area contributed by atoms with Gasteiger partial charge >= 0.3 is 0 Å². The summed E-state index contributed by atoms with van der Waals surface area (Å²) in [7, 11) is 0. The number of nitrogens with one attached hydrogen (secondary N) is 1. The maximum atomic E-state index is 12.6. The maximum Gasteiger partial charge on any atom is 0.223 e. The SMILES string of the molecule is O=C(CC1CCCCC1)N1CC=C(c2c[nH]c3ccc(Br)cc23)CC1. The Labute approximate surface area is 157 Å². The molecule has 1 fully saturated rings. The zero-order valence-electron chi connectivity index (χ0n) is 14.6. The van der Waals surface area contributed by atoms with Gasteiger partial charge in [-0.1, -0.05) is 41.3 Å². The summed E-state index contributed by atoms with van der Waals surface area (Å²) >= 11 is 3.56. The molecule has 1 aliphatic carbocycles. The van der Waals surface area contributed by atoms with Gasteiger partial charge in [-0.05, 0) is 49.0 Å². The highest BCUT2D eigenvalue weighted by Gasteiger charge is 2.23. The Bertz CT molecular complexity index is 801. The number of amides is 1. The van der Waals surface area contributed by atoms with E-state index in [1.165, 1.54) is 48.6 Å². The zero-order chi connectivity index (χ0) is 17.2. The number of nitrogens with zero attached hydrogens (tertiary/aromatic N) is 1. The molecule has 3 nitrogen and oxygen atoms in total. The first-order valence-corrected chi connectivity index (χ1v) is 10.2. The van der Waals surface area contributed by atoms with Crippen molar-refractivity contribution in [2.45, 2.75) is 44.9 Å². The van der Waals surface area contributed by atoms with Gasteiger partial charge < -0.3 is 9.88 Å². The number of aromatic nitrogens is 1. The minimum Gasteiger partial charge on any atom is -0.361 e. The fourth-order valence-corrected chi connectivity index (χ4v) is 4.63. The molecule has 25 heavy (non-hydrogen) atoms. The van der Waals surface area contributed by atoms with Gasteiger partial charge in [0, 0.05) is 46.6 Å². The summed E-state index contributed by atoms with van der Waals surface area (Å²) in [5, 5.41) is 1.25. The van der Waals surface area contributed by atoms with E-state index in [2.05, 4.69) is 51.4 Å². The molecule has 2 aliphatic rings. The molecule has 0 spiro atoms. The molecule has 2 heterocycles. The van der Waals surface area contributed by atoms with E-state index < -0.39 is 0 Å². The Kier molecular flexibility index (Phi) is 4.98. The van der Waals surface area contributed by atoms with Crippen molar-refractivity contribution in [1.29, 1.82) is 0 Å². The number of halogens is 1. The van der Waals surface area contributed by atoms with E-state index in [1.807, 2.05) is 4.90 Å². The topological polar surface area (TPSA) is 36.1 Å². The minimum atomic E-state index is 0.351. The van der Waals surface area contributed by atoms with E-state index in [0.29, 0.717) is 11.8 Å². The molecule has 0 saturated heterocycles. The number of fused-ring (bicyclic) bond motifs is 1. The molecule has 0 radical (unpaired) electrons. The van der Waals surface area contributed by atoms with Crippen LogP contribution < -0.4 is 0 Å². The highest BCUT2D eigenvalue weighted by molar-refractivity contribution is 9.10. The Hall–Kier alpha value is -1.55. The van der Waals surface area contributed by atoms with Gasteiger partial charge in [0.15, 0.2) is 0 Å². The van der Waals surface area contributed by atoms with Crippen LogP contribution in [0.3, 0.4) is 0 Å². The number of rotatable bonds is 3. The van der Waals surface area contributed by atoms with Crippen LogP contribution in [0.15, 0.2) is 34.9 Å². The average molecular weight is 401 g/mol. The molecule has 0 atom stereocenters. The van der Waals surface area contributed by atoms with Crippen molar-refractivity contribution in [3.63, 3.8) is 0 Å². The molecule has 1 amide bonds. The van der Waals surface area contributed by atoms with Gasteiger partial charge in [0.1, 0.15) is 0 Å². The average Bonchev–Trinajstić information content (AvgIpc) is 3.05. The summed E-state index contributed by atoms with van der Waals surface area (Å²) in [4.78, 5) is 18.0. The minimum absolute atomic E-state index is 0.351. The first kappa shape index (κ1) is 16.9. The Morgan fingerprint density at radius 2 is 2.08 bits per heavy atom. The summed E-state index contributed by atoms with van der Waals surface area (Å²) in [5.41, 5.74) is 3.79. The quantitative estimate of drug-likeness (QED) is 0.723. The lowest BCUT2D eigenvalue weighted by atomic mass is 9.86. The van der Waals surface area contributed by atoms with Crippen molar-refractivity contribution in [2.24, 2.45) is 5.92 Å². The summed E-state index contributed by atoms with van der Waals surface area (Å²) in [5.74, 6) is 0.974. The number of carbonyl (C=O) groups is 1. The normalized spacial score (nSPS) is 19.2. The standard InChI is InChI=1S/C21H25BrN2O/c22-17-6-7-20-18(13-17)19(14-23-20)16-8-10-24(11-9-16)21(25)12-15-4-2-1-3-5-15/h6-8,13-15,23H,1-5,9-12H2. The largest absolute Gasteiger partial charge is 0.361 e. The second kappa shape index (κ2) is 7.36. The maximum absolute atomic E-state index is 12.6. The predicted octanol–water partition coefficient (Wildman–Crippen LogP) is 5.52. The molecule has 4 rings (SSSR count). The van der Waals surface area contributed by atoms with Gasteiger partial charge in [-0.25, -0.2) is 0 Å². The molecule has 1 N–H and O–H groups in total. The second-order valence-corrected chi connectivity index (χ2v) is 8.34. The third-order valence-corrected chi connectivity index (χ3v) is 6.23. The number of hydrogen-bond donors (Lipinski definition) is 1. The lowest BCUT2D eigenvalue weighted by molar-refractivity contribution is -0.132. The lowest BCUT2D eigenvalue weighted by Gasteiger charge is -2.29. The van der Waals surface area contributed by atoms with E-state index >= 15 is 0 Å². The van der Waals surface area contributed by atoms with Crippen LogP contribution in [0.4, 0.5) is 0 Å². The molecule has 1 aromatic carbocycles. The molecular weight excluding hydrogens is 376 g/mol. The van der Waals surface area contributed by atoms with Crippen LogP contribution >= 0.6 is 15.9 Å². The van der Waals surface area contributed by atoms with Crippen LogP contribution in [-0.4, -0.2) is 28.9 Å². The van der Waals surface area contributed by atoms with Crippen molar-refractivity contribution in [3.05, 3.63) is 40.5 Å². The van der Waals surface area contributed by atoms with Crippen molar-refractivity contribution in [3.8, 4) is 0 Å². The van der Waals surface area contributed by atoms with E-state index in [0.717, 1.165) is 35.9 Å². The molecule has 1 saturated carbocycles. The van der Waals surface area contributed by atoms with Gasteiger partial charge in [0.05, 0.1) is 0 Å². The van der Waals surface area contributed by atoms with Crippen LogP contribution in [0.5, 0.6) is 0 Å². The molecule has 0 unspecified atom stereocenters. The molecule has 4 heteroatoms. The molecule has 1 aliphatic heterocycles. The van der Waals surface area contributed by atoms with Crippen LogP contribution in [0, 0.1) is 5.92 Å². The summed E-state index contributed by atoms with van der Waals surface area (Å²) in [6.07, 6.45) is 12.5. The predicted molar refractivity (Wildman–Crippen MR) is 106 cm³/mol. The van der Waals surface area contributed by atoms with Crippen molar-refractivity contribution in [1.82, 2.24) is 9.88 Å². The lowest BCUT2D eigenvalue weighted by Crippen LogP contribution is -2.35. The van der Waals surface area contributed by atoms with Crippen LogP contribution in [0.1, 0.15) is 50.5 Å². The Morgan fingerprint density at radius 1 is 1.24 bits per heavy atom. The fraction of sp³-hybridized carbons (Fsp3) is 0.476. The monoisotopic (exact) mass is 400 g/mol. The Balaban J connectivity index is 1.44. The van der Waals surface area contributed by atoms with E-state index in [9.17, 15) is 4.79 Å². The number of carbonyl (C=O) groups excluding carboxylic acids is 1. The van der Waals surface area contributed by atoms with Gasteiger partial charge in [0.2, 0.25) is 5.91 Å². The van der Waals surface area contributed by atoms with E-state index in [1.54, 1.807) is 0 Å². The first-order chi connectivity index (χ1) is 12.2. The van der Waals surface area contributed by atoms with Crippen LogP contribution in [-0.2, 0) is 4.79 Å². The van der Waals surface area contributed by atoms with Crippen molar-refractivity contribution >= 4 is 38.3 Å². The highest BCUT2D eigenvalue weighted by atomic mass is 79.9. The summed E-state index contributed by atoms with van der Waals surface area (Å²) in [6, 6.07) is 6.33. The van der Waals surface area contributed by atoms with Gasteiger partial charge in [-0.15, -0.1) is 0 Å². The number of H-pyrrole nitrogens is 1. The third-order valence-electron chi connectivity index (χ3n) is 5.74. The van der Waals surface area contributed by atoms with Gasteiger partial charge in [0.25, 0.3) is 0 Å². The molecule has 0 bridgehead atoms. The third kappa shape index (κ3) is 3.69. The highest BCUT2D eigenvalue weighted by Crippen LogP contribution is 2.32. The van der Waals surface area contributed by atoms with E-state index in [4.69, 9.17) is 0 Å². The number of benzene rings is 1. The summed E-state index contributed by atoms with van der Waals surface area (Å²) < 4.78 is 1.10. The van der Waals surface area contributed by atoms with Crippen molar-refractivity contribution in [2.75, 3.05) is 13.1 Å². The van der Waals surface area contributed by atoms with Gasteiger partial charge in [-0.3, -0.25) is 4.79 Å². The fourth-order valence-electron chi connectivity index (χ4n) is 4.27. The van der Waals surface area contributed by atoms with Crippen LogP contribution in [0.2, 0.25) is 0 Å². The first-order valence-electron chi connectivity index (χ1n) is 9.44. The second-order valence-electron chi connectivity index (χ2n) is 7.42. The van der Waals surface area contributed by atoms with Gasteiger partial charge in [-0.2, -0.15) is 0 Å². The van der Waals surface area contributed by atoms with Crippen molar-refractivity contribution < 1.29 is 4.79 Å². The van der Waals surface area contributed by atoms with E-state index in [-0.39, 0.29) is 0 Å². The van der Waals surface area contributed by atoms with Crippen LogP contribution in [0.25, 0.3) is 16.5 Å². The molecular formula is C21H25BrN2O. The molecule has 1 aromatic heterocycles. The number of hydrogen-bond acceptors (Lipinski definition) is 1. The Morgan fingerprint density at radius 3 is 2.84 bits per heavy atom. The smallest absolute Gasteiger partial charge is 0.223 e. The number of aromatic amines is 1. The molecule has 132 valence electrons. The zero-order valence-corrected chi connectivity index (χ0v) is 16.1. The summed E-state index contributed by atoms with van der Waals surface area (Å²) in [6.45, 7) is 1.60. The molecule has 2 aromatic rings.